The lowest BCUT2D eigenvalue weighted by molar-refractivity contribution is 0.581. The van der Waals surface area contributed by atoms with E-state index in [1.807, 2.05) is 36.4 Å². The molecule has 1 heterocycles. The van der Waals surface area contributed by atoms with Crippen LogP contribution in [-0.4, -0.2) is 0 Å². The van der Waals surface area contributed by atoms with Gasteiger partial charge in [-0.2, -0.15) is 0 Å². The first-order valence-corrected chi connectivity index (χ1v) is 7.31. The van der Waals surface area contributed by atoms with E-state index in [2.05, 4.69) is 6.07 Å². The highest BCUT2D eigenvalue weighted by atomic mass is 32.2. The molecule has 1 aromatic heterocycles. The molecule has 3 aromatic rings. The normalized spacial score (nSPS) is 10.7. The molecule has 0 fully saturated rings. The number of benzene rings is 2. The molecule has 0 saturated carbocycles. The van der Waals surface area contributed by atoms with E-state index in [1.165, 1.54) is 6.07 Å². The molecular weight excluding hydrogens is 271 g/mol. The van der Waals surface area contributed by atoms with Crippen LogP contribution in [0, 0.1) is 5.82 Å². The largest absolute Gasteiger partial charge is 0.464 e. The molecule has 0 aliphatic carbocycles. The van der Waals surface area contributed by atoms with Gasteiger partial charge in [-0.1, -0.05) is 30.3 Å². The van der Waals surface area contributed by atoms with Crippen molar-refractivity contribution in [1.29, 1.82) is 0 Å². The highest BCUT2D eigenvalue weighted by Crippen LogP contribution is 2.33. The molecule has 0 atom stereocenters. The van der Waals surface area contributed by atoms with Gasteiger partial charge in [-0.25, -0.2) is 4.39 Å². The van der Waals surface area contributed by atoms with E-state index in [0.29, 0.717) is 0 Å². The standard InChI is InChI=1S/C17H13FOS/c18-14-6-3-5-13(11-14)12-20-17-9-2-1-7-15(17)16-8-4-10-19-16/h1-11H,12H2. The van der Waals surface area contributed by atoms with Gasteiger partial charge in [0.25, 0.3) is 0 Å². The summed E-state index contributed by atoms with van der Waals surface area (Å²) in [7, 11) is 0. The van der Waals surface area contributed by atoms with Gasteiger partial charge in [-0.05, 0) is 35.9 Å². The lowest BCUT2D eigenvalue weighted by Gasteiger charge is -2.07. The Bertz CT molecular complexity index is 692. The average Bonchev–Trinajstić information content (AvgIpc) is 3.00. The van der Waals surface area contributed by atoms with Crippen molar-refractivity contribution in [2.75, 3.05) is 0 Å². The topological polar surface area (TPSA) is 13.1 Å². The third-order valence-electron chi connectivity index (χ3n) is 2.96. The Labute approximate surface area is 121 Å². The molecule has 100 valence electrons. The van der Waals surface area contributed by atoms with Crippen molar-refractivity contribution in [3.05, 3.63) is 78.3 Å². The summed E-state index contributed by atoms with van der Waals surface area (Å²) >= 11 is 1.68. The predicted molar refractivity (Wildman–Crippen MR) is 80.1 cm³/mol. The number of halogens is 1. The van der Waals surface area contributed by atoms with Gasteiger partial charge in [0.05, 0.1) is 6.26 Å². The Hall–Kier alpha value is -2.00. The zero-order valence-electron chi connectivity index (χ0n) is 10.8. The Morgan fingerprint density at radius 3 is 2.65 bits per heavy atom. The Morgan fingerprint density at radius 1 is 0.950 bits per heavy atom. The second-order valence-corrected chi connectivity index (χ2v) is 5.41. The van der Waals surface area contributed by atoms with Crippen LogP contribution < -0.4 is 0 Å². The summed E-state index contributed by atoms with van der Waals surface area (Å²) < 4.78 is 18.6. The molecule has 0 unspecified atom stereocenters. The predicted octanol–water partition coefficient (Wildman–Crippen LogP) is 5.38. The van der Waals surface area contributed by atoms with Crippen molar-refractivity contribution in [2.45, 2.75) is 10.6 Å². The van der Waals surface area contributed by atoms with E-state index >= 15 is 0 Å². The van der Waals surface area contributed by atoms with Gasteiger partial charge in [0, 0.05) is 16.2 Å². The van der Waals surface area contributed by atoms with Crippen molar-refractivity contribution in [3.8, 4) is 11.3 Å². The van der Waals surface area contributed by atoms with Crippen LogP contribution in [0.3, 0.4) is 0 Å². The molecule has 0 aliphatic rings. The second kappa shape index (κ2) is 5.97. The highest BCUT2D eigenvalue weighted by molar-refractivity contribution is 7.98. The summed E-state index contributed by atoms with van der Waals surface area (Å²) in [5, 5.41) is 0. The number of hydrogen-bond acceptors (Lipinski definition) is 2. The first kappa shape index (κ1) is 13.0. The second-order valence-electron chi connectivity index (χ2n) is 4.39. The minimum Gasteiger partial charge on any atom is -0.464 e. The molecule has 0 aliphatic heterocycles. The quantitative estimate of drug-likeness (QED) is 0.597. The van der Waals surface area contributed by atoms with Crippen LogP contribution in [0.1, 0.15) is 5.56 Å². The van der Waals surface area contributed by atoms with Crippen LogP contribution in [0.4, 0.5) is 4.39 Å². The number of rotatable bonds is 4. The van der Waals surface area contributed by atoms with Crippen LogP contribution >= 0.6 is 11.8 Å². The van der Waals surface area contributed by atoms with Gasteiger partial charge >= 0.3 is 0 Å². The molecule has 0 radical (unpaired) electrons. The van der Waals surface area contributed by atoms with Gasteiger partial charge in [0.15, 0.2) is 0 Å². The molecule has 0 amide bonds. The van der Waals surface area contributed by atoms with E-state index in [4.69, 9.17) is 4.42 Å². The van der Waals surface area contributed by atoms with Crippen LogP contribution in [0.2, 0.25) is 0 Å². The average molecular weight is 284 g/mol. The summed E-state index contributed by atoms with van der Waals surface area (Å²) in [5.41, 5.74) is 2.04. The van der Waals surface area contributed by atoms with E-state index in [-0.39, 0.29) is 5.82 Å². The van der Waals surface area contributed by atoms with Gasteiger partial charge in [0.2, 0.25) is 0 Å². The van der Waals surface area contributed by atoms with Crippen LogP contribution in [-0.2, 0) is 5.75 Å². The number of furan rings is 1. The fourth-order valence-electron chi connectivity index (χ4n) is 2.02. The monoisotopic (exact) mass is 284 g/mol. The van der Waals surface area contributed by atoms with Crippen LogP contribution in [0.5, 0.6) is 0 Å². The first-order chi connectivity index (χ1) is 9.83. The highest BCUT2D eigenvalue weighted by Gasteiger charge is 2.07. The maximum Gasteiger partial charge on any atom is 0.134 e. The van der Waals surface area contributed by atoms with Crippen molar-refractivity contribution in [1.82, 2.24) is 0 Å². The van der Waals surface area contributed by atoms with Crippen molar-refractivity contribution >= 4 is 11.8 Å². The van der Waals surface area contributed by atoms with E-state index in [9.17, 15) is 4.39 Å². The number of hydrogen-bond donors (Lipinski definition) is 0. The summed E-state index contributed by atoms with van der Waals surface area (Å²) in [4.78, 5) is 1.13. The molecule has 20 heavy (non-hydrogen) atoms. The van der Waals surface area contributed by atoms with Crippen LogP contribution in [0.25, 0.3) is 11.3 Å². The maximum atomic E-state index is 13.2. The number of thioether (sulfide) groups is 1. The maximum absolute atomic E-state index is 13.2. The molecule has 3 heteroatoms. The molecular formula is C17H13FOS. The van der Waals surface area contributed by atoms with E-state index in [1.54, 1.807) is 30.2 Å². The third kappa shape index (κ3) is 2.94. The molecule has 0 spiro atoms. The van der Waals surface area contributed by atoms with E-state index < -0.39 is 0 Å². The lowest BCUT2D eigenvalue weighted by Crippen LogP contribution is -1.84. The summed E-state index contributed by atoms with van der Waals surface area (Å²) in [5.74, 6) is 1.39. The molecule has 1 nitrogen and oxygen atoms in total. The minimum absolute atomic E-state index is 0.192. The minimum atomic E-state index is -0.192. The Balaban J connectivity index is 1.81. The Kier molecular flexibility index (Phi) is 3.88. The van der Waals surface area contributed by atoms with Crippen molar-refractivity contribution in [2.24, 2.45) is 0 Å². The van der Waals surface area contributed by atoms with Gasteiger partial charge in [-0.3, -0.25) is 0 Å². The molecule has 2 aromatic carbocycles. The van der Waals surface area contributed by atoms with Crippen LogP contribution in [0.15, 0.2) is 76.2 Å². The zero-order chi connectivity index (χ0) is 13.8. The van der Waals surface area contributed by atoms with Gasteiger partial charge < -0.3 is 4.42 Å². The SMILES string of the molecule is Fc1cccc(CSc2ccccc2-c2ccco2)c1. The van der Waals surface area contributed by atoms with Crippen molar-refractivity contribution < 1.29 is 8.81 Å². The Morgan fingerprint density at radius 2 is 1.85 bits per heavy atom. The smallest absolute Gasteiger partial charge is 0.134 e. The fraction of sp³-hybridized carbons (Fsp3) is 0.0588. The van der Waals surface area contributed by atoms with Gasteiger partial charge in [-0.15, -0.1) is 11.8 Å². The molecule has 0 N–H and O–H groups in total. The molecule has 0 saturated heterocycles. The fourth-order valence-corrected chi connectivity index (χ4v) is 3.02. The van der Waals surface area contributed by atoms with Crippen molar-refractivity contribution in [3.63, 3.8) is 0 Å². The van der Waals surface area contributed by atoms with E-state index in [0.717, 1.165) is 27.5 Å². The summed E-state index contributed by atoms with van der Waals surface area (Å²) in [6.07, 6.45) is 1.67. The molecule has 0 bridgehead atoms. The lowest BCUT2D eigenvalue weighted by atomic mass is 10.2. The first-order valence-electron chi connectivity index (χ1n) is 6.33. The summed E-state index contributed by atoms with van der Waals surface area (Å²) in [6, 6.07) is 18.6. The zero-order valence-corrected chi connectivity index (χ0v) is 11.6. The summed E-state index contributed by atoms with van der Waals surface area (Å²) in [6.45, 7) is 0. The van der Waals surface area contributed by atoms with Gasteiger partial charge in [0.1, 0.15) is 11.6 Å². The third-order valence-corrected chi connectivity index (χ3v) is 4.10. The molecule has 3 rings (SSSR count).